The number of fused-ring (bicyclic) bond motifs is 1. The molecule has 1 aromatic heterocycles. The highest BCUT2D eigenvalue weighted by molar-refractivity contribution is 6.42. The molecule has 1 aliphatic heterocycles. The molecule has 1 aromatic carbocycles. The number of carbonyl (C=O) groups is 2. The summed E-state index contributed by atoms with van der Waals surface area (Å²) in [5.41, 5.74) is 0.231. The van der Waals surface area contributed by atoms with E-state index in [4.69, 9.17) is 39.5 Å². The molecule has 6 nitrogen and oxygen atoms in total. The fourth-order valence-corrected chi connectivity index (χ4v) is 3.09. The molecule has 0 radical (unpaired) electrons. The number of ether oxygens (including phenoxy) is 1. The van der Waals surface area contributed by atoms with Gasteiger partial charge in [0, 0.05) is 11.2 Å². The molecule has 0 fully saturated rings. The smallest absolute Gasteiger partial charge is 0.266 e. The Bertz CT molecular complexity index is 806. The molecule has 0 bridgehead atoms. The lowest BCUT2D eigenvalue weighted by atomic mass is 10.3. The van der Waals surface area contributed by atoms with E-state index in [1.165, 1.54) is 23.2 Å². The maximum absolute atomic E-state index is 12.3. The van der Waals surface area contributed by atoms with Crippen LogP contribution in [0.3, 0.4) is 0 Å². The summed E-state index contributed by atoms with van der Waals surface area (Å²) in [6.07, 6.45) is 1.51. The van der Waals surface area contributed by atoms with Crippen molar-refractivity contribution in [2.24, 2.45) is 0 Å². The molecule has 0 atom stereocenters. The van der Waals surface area contributed by atoms with E-state index in [2.05, 4.69) is 10.3 Å². The minimum absolute atomic E-state index is 0.158. The third-order valence-corrected chi connectivity index (χ3v) is 4.05. The van der Waals surface area contributed by atoms with Gasteiger partial charge in [-0.2, -0.15) is 0 Å². The molecule has 3 rings (SSSR count). The molecular formula is C15H10Cl3N3O3. The van der Waals surface area contributed by atoms with Crippen LogP contribution in [0.1, 0.15) is 0 Å². The zero-order valence-corrected chi connectivity index (χ0v) is 14.3. The first kappa shape index (κ1) is 16.8. The van der Waals surface area contributed by atoms with E-state index < -0.39 is 5.91 Å². The Kier molecular flexibility index (Phi) is 4.80. The van der Waals surface area contributed by atoms with E-state index in [9.17, 15) is 9.59 Å². The molecular weight excluding hydrogens is 377 g/mol. The van der Waals surface area contributed by atoms with Gasteiger partial charge in [-0.05, 0) is 24.3 Å². The summed E-state index contributed by atoms with van der Waals surface area (Å²) >= 11 is 17.9. The highest BCUT2D eigenvalue weighted by Gasteiger charge is 2.28. The van der Waals surface area contributed by atoms with Crippen LogP contribution in [0.2, 0.25) is 15.1 Å². The van der Waals surface area contributed by atoms with Crippen molar-refractivity contribution in [3.63, 3.8) is 0 Å². The number of halogens is 3. The molecule has 124 valence electrons. The lowest BCUT2D eigenvalue weighted by Crippen LogP contribution is -2.44. The van der Waals surface area contributed by atoms with Gasteiger partial charge in [0.25, 0.3) is 5.91 Å². The average Bonchev–Trinajstić information content (AvgIpc) is 2.53. The summed E-state index contributed by atoms with van der Waals surface area (Å²) in [7, 11) is 0. The molecule has 24 heavy (non-hydrogen) atoms. The Labute approximate surface area is 152 Å². The largest absolute Gasteiger partial charge is 0.480 e. The fourth-order valence-electron chi connectivity index (χ4n) is 2.18. The second kappa shape index (κ2) is 6.84. The Morgan fingerprint density at radius 3 is 2.71 bits per heavy atom. The molecule has 2 heterocycles. The van der Waals surface area contributed by atoms with Crippen LogP contribution in [-0.2, 0) is 9.59 Å². The molecule has 2 amide bonds. The first-order valence-electron chi connectivity index (χ1n) is 6.78. The fraction of sp³-hybridized carbons (Fsp3) is 0.133. The molecule has 9 heteroatoms. The lowest BCUT2D eigenvalue weighted by Gasteiger charge is -2.27. The molecule has 1 aliphatic rings. The number of amides is 2. The molecule has 0 saturated carbocycles. The number of hydrogen-bond donors (Lipinski definition) is 1. The Balaban J connectivity index is 1.80. The zero-order chi connectivity index (χ0) is 17.3. The molecule has 0 saturated heterocycles. The maximum Gasteiger partial charge on any atom is 0.266 e. The van der Waals surface area contributed by atoms with E-state index >= 15 is 0 Å². The predicted octanol–water partition coefficient (Wildman–Crippen LogP) is 3.41. The van der Waals surface area contributed by atoms with Crippen molar-refractivity contribution < 1.29 is 14.3 Å². The van der Waals surface area contributed by atoms with Crippen LogP contribution in [0.4, 0.5) is 11.5 Å². The normalized spacial score (nSPS) is 13.3. The Morgan fingerprint density at radius 2 is 2.00 bits per heavy atom. The number of anilines is 2. The van der Waals surface area contributed by atoms with Gasteiger partial charge in [-0.3, -0.25) is 14.5 Å². The number of carbonyl (C=O) groups excluding carboxylic acids is 2. The summed E-state index contributed by atoms with van der Waals surface area (Å²) in [6, 6.07) is 6.27. The summed E-state index contributed by atoms with van der Waals surface area (Å²) in [5.74, 6) is -0.123. The third-order valence-electron chi connectivity index (χ3n) is 3.23. The number of aromatic nitrogens is 1. The van der Waals surface area contributed by atoms with Crippen molar-refractivity contribution in [2.75, 3.05) is 23.4 Å². The van der Waals surface area contributed by atoms with E-state index in [0.717, 1.165) is 0 Å². The van der Waals surface area contributed by atoms with E-state index in [0.29, 0.717) is 10.8 Å². The molecule has 0 unspecified atom stereocenters. The van der Waals surface area contributed by atoms with Gasteiger partial charge in [-0.15, -0.1) is 0 Å². The Morgan fingerprint density at radius 1 is 1.29 bits per heavy atom. The minimum Gasteiger partial charge on any atom is -0.480 e. The standard InChI is InChI=1S/C15H10Cl3N3O3/c16-8-4-9(17)14(10(18)5-8)20-12(22)6-21-13(23)7-24-11-2-1-3-19-15(11)21/h1-5H,6-7H2,(H,20,22). The van der Waals surface area contributed by atoms with E-state index in [1.807, 2.05) is 0 Å². The van der Waals surface area contributed by atoms with Gasteiger partial charge in [-0.1, -0.05) is 34.8 Å². The van der Waals surface area contributed by atoms with Gasteiger partial charge in [0.05, 0.1) is 15.7 Å². The highest BCUT2D eigenvalue weighted by Crippen LogP contribution is 2.34. The van der Waals surface area contributed by atoms with Crippen molar-refractivity contribution in [2.45, 2.75) is 0 Å². The van der Waals surface area contributed by atoms with Crippen LogP contribution in [0.15, 0.2) is 30.5 Å². The zero-order valence-electron chi connectivity index (χ0n) is 12.1. The number of hydrogen-bond acceptors (Lipinski definition) is 4. The summed E-state index contributed by atoms with van der Waals surface area (Å²) in [4.78, 5) is 29.7. The van der Waals surface area contributed by atoms with Crippen LogP contribution in [-0.4, -0.2) is 29.9 Å². The second-order valence-electron chi connectivity index (χ2n) is 4.89. The van der Waals surface area contributed by atoms with Crippen molar-refractivity contribution in [1.29, 1.82) is 0 Å². The summed E-state index contributed by atoms with van der Waals surface area (Å²) in [6.45, 7) is -0.407. The Hall–Kier alpha value is -2.02. The van der Waals surface area contributed by atoms with Crippen LogP contribution in [0.25, 0.3) is 0 Å². The van der Waals surface area contributed by atoms with E-state index in [1.54, 1.807) is 12.1 Å². The minimum atomic E-state index is -0.479. The second-order valence-corrected chi connectivity index (χ2v) is 6.14. The van der Waals surface area contributed by atoms with Crippen molar-refractivity contribution >= 4 is 58.1 Å². The number of nitrogens with one attached hydrogen (secondary N) is 1. The van der Waals surface area contributed by atoms with Gasteiger partial charge in [0.15, 0.2) is 18.2 Å². The van der Waals surface area contributed by atoms with Gasteiger partial charge < -0.3 is 10.1 Å². The highest BCUT2D eigenvalue weighted by atomic mass is 35.5. The summed E-state index contributed by atoms with van der Waals surface area (Å²) in [5, 5.41) is 3.33. The number of rotatable bonds is 3. The first-order valence-corrected chi connectivity index (χ1v) is 7.91. The lowest BCUT2D eigenvalue weighted by molar-refractivity contribution is -0.123. The van der Waals surface area contributed by atoms with Gasteiger partial charge in [0.2, 0.25) is 5.91 Å². The number of nitrogens with zero attached hydrogens (tertiary/aromatic N) is 2. The maximum atomic E-state index is 12.3. The van der Waals surface area contributed by atoms with Crippen molar-refractivity contribution in [1.82, 2.24) is 4.98 Å². The third kappa shape index (κ3) is 3.40. The number of benzene rings is 1. The molecule has 1 N–H and O–H groups in total. The average molecular weight is 387 g/mol. The predicted molar refractivity (Wildman–Crippen MR) is 92.2 cm³/mol. The van der Waals surface area contributed by atoms with Crippen molar-refractivity contribution in [3.05, 3.63) is 45.5 Å². The topological polar surface area (TPSA) is 71.5 Å². The SMILES string of the molecule is O=C(CN1C(=O)COc2cccnc21)Nc1c(Cl)cc(Cl)cc1Cl. The quantitative estimate of drug-likeness (QED) is 0.877. The van der Waals surface area contributed by atoms with Gasteiger partial charge >= 0.3 is 0 Å². The van der Waals surface area contributed by atoms with Crippen LogP contribution in [0, 0.1) is 0 Å². The monoisotopic (exact) mass is 385 g/mol. The van der Waals surface area contributed by atoms with Crippen LogP contribution < -0.4 is 15.0 Å². The van der Waals surface area contributed by atoms with Gasteiger partial charge in [0.1, 0.15) is 6.54 Å². The van der Waals surface area contributed by atoms with Crippen LogP contribution in [0.5, 0.6) is 5.75 Å². The van der Waals surface area contributed by atoms with Gasteiger partial charge in [-0.25, -0.2) is 4.98 Å². The summed E-state index contributed by atoms with van der Waals surface area (Å²) < 4.78 is 5.27. The molecule has 2 aromatic rings. The molecule has 0 aliphatic carbocycles. The number of pyridine rings is 1. The molecule has 0 spiro atoms. The first-order chi connectivity index (χ1) is 11.5. The van der Waals surface area contributed by atoms with Crippen LogP contribution >= 0.6 is 34.8 Å². The van der Waals surface area contributed by atoms with Crippen molar-refractivity contribution in [3.8, 4) is 5.75 Å². The van der Waals surface area contributed by atoms with E-state index in [-0.39, 0.29) is 40.6 Å².